The van der Waals surface area contributed by atoms with Crippen LogP contribution in [0.3, 0.4) is 0 Å². The van der Waals surface area contributed by atoms with E-state index in [-0.39, 0.29) is 0 Å². The van der Waals surface area contributed by atoms with Crippen LogP contribution in [0.4, 0.5) is 0 Å². The molecule has 1 amide bonds. The highest BCUT2D eigenvalue weighted by Crippen LogP contribution is 2.53. The van der Waals surface area contributed by atoms with Gasteiger partial charge >= 0.3 is 0 Å². The van der Waals surface area contributed by atoms with E-state index >= 15 is 0 Å². The summed E-state index contributed by atoms with van der Waals surface area (Å²) in [4.78, 5) is 11.8. The van der Waals surface area contributed by atoms with E-state index in [1.54, 1.807) is 0 Å². The zero-order chi connectivity index (χ0) is 10.5. The minimum atomic E-state index is 0.333. The van der Waals surface area contributed by atoms with Gasteiger partial charge in [-0.25, -0.2) is 0 Å². The number of carbonyl (C=O) groups is 1. The van der Waals surface area contributed by atoms with E-state index in [4.69, 9.17) is 0 Å². The average molecular weight is 225 g/mol. The third kappa shape index (κ3) is 1.69. The lowest BCUT2D eigenvalue weighted by atomic mass is 9.67. The van der Waals surface area contributed by atoms with E-state index in [1.165, 1.54) is 24.3 Å². The SMILES string of the molecule is CC1CC(C(=O)NC2CC3(CSC3)C2)C1. The molecule has 0 radical (unpaired) electrons. The maximum Gasteiger partial charge on any atom is 0.223 e. The summed E-state index contributed by atoms with van der Waals surface area (Å²) in [6.45, 7) is 2.23. The molecule has 0 unspecified atom stereocenters. The Labute approximate surface area is 95.6 Å². The second-order valence-electron chi connectivity index (χ2n) is 5.88. The molecule has 1 aliphatic heterocycles. The van der Waals surface area contributed by atoms with Crippen LogP contribution in [-0.2, 0) is 4.79 Å². The zero-order valence-corrected chi connectivity index (χ0v) is 10.1. The molecule has 2 nitrogen and oxygen atoms in total. The van der Waals surface area contributed by atoms with Crippen molar-refractivity contribution in [3.8, 4) is 0 Å². The topological polar surface area (TPSA) is 29.1 Å². The summed E-state index contributed by atoms with van der Waals surface area (Å²) in [5.74, 6) is 4.11. The molecule has 3 aliphatic rings. The summed E-state index contributed by atoms with van der Waals surface area (Å²) in [6.07, 6.45) is 4.71. The number of carbonyl (C=O) groups excluding carboxylic acids is 1. The molecule has 0 bridgehead atoms. The van der Waals surface area contributed by atoms with Crippen LogP contribution in [0, 0.1) is 17.3 Å². The first-order valence-electron chi connectivity index (χ1n) is 6.05. The van der Waals surface area contributed by atoms with Crippen LogP contribution < -0.4 is 5.32 Å². The molecular weight excluding hydrogens is 206 g/mol. The molecule has 0 aromatic heterocycles. The van der Waals surface area contributed by atoms with Gasteiger partial charge < -0.3 is 5.32 Å². The van der Waals surface area contributed by atoms with E-state index in [9.17, 15) is 4.79 Å². The fraction of sp³-hybridized carbons (Fsp3) is 0.917. The minimum Gasteiger partial charge on any atom is -0.353 e. The fourth-order valence-electron chi connectivity index (χ4n) is 3.15. The first kappa shape index (κ1) is 10.0. The first-order chi connectivity index (χ1) is 7.17. The van der Waals surface area contributed by atoms with Gasteiger partial charge in [0.1, 0.15) is 0 Å². The van der Waals surface area contributed by atoms with Crippen molar-refractivity contribution in [2.24, 2.45) is 17.3 Å². The smallest absolute Gasteiger partial charge is 0.223 e. The van der Waals surface area contributed by atoms with Crippen molar-refractivity contribution in [2.45, 2.75) is 38.6 Å². The quantitative estimate of drug-likeness (QED) is 0.779. The van der Waals surface area contributed by atoms with E-state index < -0.39 is 0 Å². The van der Waals surface area contributed by atoms with Crippen molar-refractivity contribution in [3.05, 3.63) is 0 Å². The molecule has 2 saturated carbocycles. The molecule has 0 aromatic carbocycles. The maximum atomic E-state index is 11.8. The van der Waals surface area contributed by atoms with E-state index in [2.05, 4.69) is 24.0 Å². The standard InChI is InChI=1S/C12H19NOS/c1-8-2-9(3-8)11(14)13-10-4-12(5-10)6-15-7-12/h8-10H,2-7H2,1H3,(H,13,14). The van der Waals surface area contributed by atoms with Crippen molar-refractivity contribution >= 4 is 17.7 Å². The molecule has 2 aliphatic carbocycles. The third-order valence-corrected chi connectivity index (χ3v) is 5.90. The summed E-state index contributed by atoms with van der Waals surface area (Å²) < 4.78 is 0. The first-order valence-corrected chi connectivity index (χ1v) is 7.20. The second-order valence-corrected chi connectivity index (χ2v) is 6.87. The van der Waals surface area contributed by atoms with Crippen LogP contribution in [-0.4, -0.2) is 23.5 Å². The van der Waals surface area contributed by atoms with Gasteiger partial charge in [0.15, 0.2) is 0 Å². The molecule has 1 spiro atoms. The maximum absolute atomic E-state index is 11.8. The Balaban J connectivity index is 1.41. The predicted molar refractivity (Wildman–Crippen MR) is 62.8 cm³/mol. The summed E-state index contributed by atoms with van der Waals surface area (Å²) >= 11 is 2.05. The molecule has 3 heteroatoms. The van der Waals surface area contributed by atoms with Gasteiger partial charge in [-0.1, -0.05) is 6.92 Å². The molecule has 0 aromatic rings. The van der Waals surface area contributed by atoms with Gasteiger partial charge in [0.25, 0.3) is 0 Å². The third-order valence-electron chi connectivity index (χ3n) is 4.27. The van der Waals surface area contributed by atoms with Gasteiger partial charge in [0, 0.05) is 12.0 Å². The molecule has 0 atom stereocenters. The number of hydrogen-bond donors (Lipinski definition) is 1. The van der Waals surface area contributed by atoms with Gasteiger partial charge in [0.2, 0.25) is 5.91 Å². The Hall–Kier alpha value is -0.180. The lowest BCUT2D eigenvalue weighted by Gasteiger charge is -2.53. The predicted octanol–water partition coefficient (Wildman–Crippen LogP) is 2.04. The summed E-state index contributed by atoms with van der Waals surface area (Å²) in [5.41, 5.74) is 0.648. The Kier molecular flexibility index (Phi) is 2.27. The van der Waals surface area contributed by atoms with Crippen LogP contribution in [0.15, 0.2) is 0 Å². The van der Waals surface area contributed by atoms with Gasteiger partial charge in [-0.3, -0.25) is 4.79 Å². The monoisotopic (exact) mass is 225 g/mol. The lowest BCUT2D eigenvalue weighted by Crippen LogP contribution is -2.57. The highest BCUT2D eigenvalue weighted by atomic mass is 32.2. The molecular formula is C12H19NOS. The number of thioether (sulfide) groups is 1. The van der Waals surface area contributed by atoms with Crippen LogP contribution >= 0.6 is 11.8 Å². The number of hydrogen-bond acceptors (Lipinski definition) is 2. The number of nitrogens with one attached hydrogen (secondary N) is 1. The zero-order valence-electron chi connectivity index (χ0n) is 9.29. The molecule has 3 rings (SSSR count). The van der Waals surface area contributed by atoms with Gasteiger partial charge in [-0.2, -0.15) is 11.8 Å². The molecule has 1 N–H and O–H groups in total. The van der Waals surface area contributed by atoms with Crippen LogP contribution in [0.2, 0.25) is 0 Å². The molecule has 3 fully saturated rings. The second kappa shape index (κ2) is 3.41. The molecule has 1 saturated heterocycles. The summed E-state index contributed by atoms with van der Waals surface area (Å²) in [6, 6.07) is 0.509. The summed E-state index contributed by atoms with van der Waals surface area (Å²) in [5, 5.41) is 3.21. The minimum absolute atomic E-state index is 0.333. The molecule has 1 heterocycles. The average Bonchev–Trinajstić information content (AvgIpc) is 2.01. The Morgan fingerprint density at radius 1 is 1.33 bits per heavy atom. The Morgan fingerprint density at radius 2 is 2.00 bits per heavy atom. The molecule has 15 heavy (non-hydrogen) atoms. The summed E-state index contributed by atoms with van der Waals surface area (Å²) in [7, 11) is 0. The van der Waals surface area contributed by atoms with E-state index in [1.807, 2.05) is 0 Å². The lowest BCUT2D eigenvalue weighted by molar-refractivity contribution is -0.131. The van der Waals surface area contributed by atoms with Crippen LogP contribution in [0.25, 0.3) is 0 Å². The van der Waals surface area contributed by atoms with E-state index in [0.717, 1.165) is 18.8 Å². The number of amides is 1. The van der Waals surface area contributed by atoms with Crippen LogP contribution in [0.5, 0.6) is 0 Å². The van der Waals surface area contributed by atoms with Crippen molar-refractivity contribution in [1.29, 1.82) is 0 Å². The molecule has 84 valence electrons. The van der Waals surface area contributed by atoms with Crippen molar-refractivity contribution in [1.82, 2.24) is 5.32 Å². The van der Waals surface area contributed by atoms with Gasteiger partial charge in [-0.15, -0.1) is 0 Å². The van der Waals surface area contributed by atoms with Crippen molar-refractivity contribution < 1.29 is 4.79 Å². The Bertz CT molecular complexity index is 273. The van der Waals surface area contributed by atoms with Gasteiger partial charge in [0.05, 0.1) is 0 Å². The van der Waals surface area contributed by atoms with Gasteiger partial charge in [-0.05, 0) is 48.5 Å². The van der Waals surface area contributed by atoms with E-state index in [0.29, 0.717) is 23.3 Å². The largest absolute Gasteiger partial charge is 0.353 e. The normalized spacial score (nSPS) is 37.7. The Morgan fingerprint density at radius 3 is 2.47 bits per heavy atom. The highest BCUT2D eigenvalue weighted by Gasteiger charge is 2.49. The fourth-order valence-corrected chi connectivity index (χ4v) is 4.40. The van der Waals surface area contributed by atoms with Crippen LogP contribution in [0.1, 0.15) is 32.6 Å². The van der Waals surface area contributed by atoms with Crippen molar-refractivity contribution in [2.75, 3.05) is 11.5 Å². The van der Waals surface area contributed by atoms with Crippen molar-refractivity contribution in [3.63, 3.8) is 0 Å². The highest BCUT2D eigenvalue weighted by molar-refractivity contribution is 8.00. The number of rotatable bonds is 2.